The number of hydrogen-bond donors (Lipinski definition) is 2. The fraction of sp³-hybridized carbons (Fsp3) is 0.588. The van der Waals surface area contributed by atoms with Gasteiger partial charge in [-0.05, 0) is 43.7 Å². The minimum absolute atomic E-state index is 0.0116. The zero-order valence-electron chi connectivity index (χ0n) is 14.0. The van der Waals surface area contributed by atoms with Gasteiger partial charge in [0.05, 0.1) is 12.1 Å². The van der Waals surface area contributed by atoms with Crippen molar-refractivity contribution >= 4 is 11.9 Å². The Labute approximate surface area is 148 Å². The third-order valence-corrected chi connectivity index (χ3v) is 4.82. The molecule has 2 aliphatic carbocycles. The minimum Gasteiger partial charge on any atom is -0.480 e. The maximum absolute atomic E-state index is 12.5. The molecule has 0 saturated heterocycles. The zero-order chi connectivity index (χ0) is 18.9. The van der Waals surface area contributed by atoms with Crippen molar-refractivity contribution in [1.82, 2.24) is 15.2 Å². The molecule has 26 heavy (non-hydrogen) atoms. The van der Waals surface area contributed by atoms with Crippen molar-refractivity contribution < 1.29 is 27.9 Å². The highest BCUT2D eigenvalue weighted by atomic mass is 19.4. The SMILES string of the molecule is O=C(O)CN(CC1CC1)C1CC(NC(=O)c2ccc(C(F)(F)F)cn2)C1. The van der Waals surface area contributed by atoms with Crippen LogP contribution in [0, 0.1) is 5.92 Å². The summed E-state index contributed by atoms with van der Waals surface area (Å²) in [6, 6.07) is 1.87. The molecule has 1 heterocycles. The van der Waals surface area contributed by atoms with Crippen LogP contribution in [0.4, 0.5) is 13.2 Å². The average molecular weight is 371 g/mol. The van der Waals surface area contributed by atoms with E-state index in [9.17, 15) is 22.8 Å². The fourth-order valence-electron chi connectivity index (χ4n) is 3.11. The second-order valence-corrected chi connectivity index (χ2v) is 6.99. The van der Waals surface area contributed by atoms with Gasteiger partial charge in [0.15, 0.2) is 0 Å². The number of rotatable bonds is 7. The molecule has 2 saturated carbocycles. The molecule has 6 nitrogen and oxygen atoms in total. The zero-order valence-corrected chi connectivity index (χ0v) is 14.0. The second-order valence-electron chi connectivity index (χ2n) is 6.99. The van der Waals surface area contributed by atoms with Gasteiger partial charge in [0.25, 0.3) is 5.91 Å². The third kappa shape index (κ3) is 4.72. The molecule has 142 valence electrons. The van der Waals surface area contributed by atoms with Gasteiger partial charge in [0, 0.05) is 24.8 Å². The van der Waals surface area contributed by atoms with Gasteiger partial charge in [-0.3, -0.25) is 19.5 Å². The van der Waals surface area contributed by atoms with Gasteiger partial charge in [-0.1, -0.05) is 0 Å². The number of nitrogens with one attached hydrogen (secondary N) is 1. The summed E-state index contributed by atoms with van der Waals surface area (Å²) in [4.78, 5) is 28.6. The highest BCUT2D eigenvalue weighted by molar-refractivity contribution is 5.92. The molecule has 3 rings (SSSR count). The predicted molar refractivity (Wildman–Crippen MR) is 85.4 cm³/mol. The number of carboxylic acids is 1. The van der Waals surface area contributed by atoms with Crippen LogP contribution in [0.2, 0.25) is 0 Å². The van der Waals surface area contributed by atoms with Crippen molar-refractivity contribution in [3.8, 4) is 0 Å². The third-order valence-electron chi connectivity index (χ3n) is 4.82. The Bertz CT molecular complexity index is 668. The number of hydrogen-bond acceptors (Lipinski definition) is 4. The monoisotopic (exact) mass is 371 g/mol. The first kappa shape index (κ1) is 18.6. The van der Waals surface area contributed by atoms with Gasteiger partial charge >= 0.3 is 12.1 Å². The lowest BCUT2D eigenvalue weighted by Gasteiger charge is -2.42. The van der Waals surface area contributed by atoms with E-state index in [1.54, 1.807) is 0 Å². The van der Waals surface area contributed by atoms with E-state index in [1.165, 1.54) is 0 Å². The molecule has 0 radical (unpaired) electrons. The van der Waals surface area contributed by atoms with E-state index in [2.05, 4.69) is 10.3 Å². The summed E-state index contributed by atoms with van der Waals surface area (Å²) < 4.78 is 37.5. The first-order valence-corrected chi connectivity index (χ1v) is 8.52. The van der Waals surface area contributed by atoms with Crippen LogP contribution in [-0.4, -0.2) is 52.0 Å². The number of halogens is 3. The average Bonchev–Trinajstić information content (AvgIpc) is 3.32. The molecule has 9 heteroatoms. The number of alkyl halides is 3. The smallest absolute Gasteiger partial charge is 0.417 e. The van der Waals surface area contributed by atoms with Crippen molar-refractivity contribution in [2.75, 3.05) is 13.1 Å². The number of carboxylic acid groups (broad SMARTS) is 1. The number of aromatic nitrogens is 1. The van der Waals surface area contributed by atoms with E-state index in [4.69, 9.17) is 5.11 Å². The van der Waals surface area contributed by atoms with Crippen molar-refractivity contribution in [2.45, 2.75) is 43.9 Å². The van der Waals surface area contributed by atoms with E-state index >= 15 is 0 Å². The van der Waals surface area contributed by atoms with E-state index in [0.717, 1.165) is 31.5 Å². The largest absolute Gasteiger partial charge is 0.480 e. The summed E-state index contributed by atoms with van der Waals surface area (Å²) in [5.74, 6) is -0.819. The number of carbonyl (C=O) groups is 2. The molecule has 1 aromatic rings. The highest BCUT2D eigenvalue weighted by Crippen LogP contribution is 2.34. The Kier molecular flexibility index (Phi) is 5.17. The molecule has 0 bridgehead atoms. The van der Waals surface area contributed by atoms with Crippen LogP contribution < -0.4 is 5.32 Å². The number of carbonyl (C=O) groups excluding carboxylic acids is 1. The lowest BCUT2D eigenvalue weighted by molar-refractivity contribution is -0.140. The topological polar surface area (TPSA) is 82.5 Å². The van der Waals surface area contributed by atoms with Crippen LogP contribution in [0.5, 0.6) is 0 Å². The van der Waals surface area contributed by atoms with E-state index < -0.39 is 23.6 Å². The number of amides is 1. The first-order valence-electron chi connectivity index (χ1n) is 8.52. The maximum atomic E-state index is 12.5. The van der Waals surface area contributed by atoms with Crippen LogP contribution in [-0.2, 0) is 11.0 Å². The van der Waals surface area contributed by atoms with Gasteiger partial charge in [0.2, 0.25) is 0 Å². The van der Waals surface area contributed by atoms with Gasteiger partial charge < -0.3 is 10.4 Å². The Hall–Kier alpha value is -2.16. The molecule has 2 N–H and O–H groups in total. The van der Waals surface area contributed by atoms with Gasteiger partial charge in [-0.2, -0.15) is 13.2 Å². The van der Waals surface area contributed by atoms with Crippen LogP contribution >= 0.6 is 0 Å². The molecule has 0 aliphatic heterocycles. The molecule has 2 fully saturated rings. The maximum Gasteiger partial charge on any atom is 0.417 e. The Morgan fingerprint density at radius 1 is 1.27 bits per heavy atom. The Morgan fingerprint density at radius 3 is 2.46 bits per heavy atom. The number of nitrogens with zero attached hydrogens (tertiary/aromatic N) is 2. The van der Waals surface area contributed by atoms with Crippen LogP contribution in [0.15, 0.2) is 18.3 Å². The number of pyridine rings is 1. The van der Waals surface area contributed by atoms with Crippen molar-refractivity contribution in [1.29, 1.82) is 0 Å². The predicted octanol–water partition coefficient (Wildman–Crippen LogP) is 2.16. The lowest BCUT2D eigenvalue weighted by Crippen LogP contribution is -2.55. The molecule has 2 aliphatic rings. The summed E-state index contributed by atoms with van der Waals surface area (Å²) in [5, 5.41) is 11.8. The molecule has 0 aromatic carbocycles. The normalized spacial score (nSPS) is 22.8. The summed E-state index contributed by atoms with van der Waals surface area (Å²) in [6.45, 7) is 0.750. The van der Waals surface area contributed by atoms with E-state index in [-0.39, 0.29) is 24.3 Å². The van der Waals surface area contributed by atoms with E-state index in [0.29, 0.717) is 25.0 Å². The van der Waals surface area contributed by atoms with Crippen molar-refractivity contribution in [3.63, 3.8) is 0 Å². The molecule has 1 aromatic heterocycles. The summed E-state index contributed by atoms with van der Waals surface area (Å²) in [6.07, 6.45) is -0.328. The quantitative estimate of drug-likeness (QED) is 0.768. The molecule has 0 unspecified atom stereocenters. The molecule has 0 atom stereocenters. The van der Waals surface area contributed by atoms with Gasteiger partial charge in [-0.15, -0.1) is 0 Å². The number of aliphatic carboxylic acids is 1. The van der Waals surface area contributed by atoms with Crippen LogP contribution in [0.25, 0.3) is 0 Å². The lowest BCUT2D eigenvalue weighted by atomic mass is 9.85. The van der Waals surface area contributed by atoms with Crippen LogP contribution in [0.1, 0.15) is 41.7 Å². The molecule has 1 amide bonds. The Balaban J connectivity index is 1.49. The summed E-state index contributed by atoms with van der Waals surface area (Å²) in [7, 11) is 0. The minimum atomic E-state index is -4.49. The van der Waals surface area contributed by atoms with Gasteiger partial charge in [0.1, 0.15) is 5.69 Å². The van der Waals surface area contributed by atoms with Crippen molar-refractivity contribution in [2.24, 2.45) is 5.92 Å². The molecule has 0 spiro atoms. The molecular formula is C17H20F3N3O3. The second kappa shape index (κ2) is 7.22. The van der Waals surface area contributed by atoms with E-state index in [1.807, 2.05) is 4.90 Å². The fourth-order valence-corrected chi connectivity index (χ4v) is 3.11. The molecular weight excluding hydrogens is 351 g/mol. The van der Waals surface area contributed by atoms with Crippen LogP contribution in [0.3, 0.4) is 0 Å². The van der Waals surface area contributed by atoms with Gasteiger partial charge in [-0.25, -0.2) is 0 Å². The summed E-state index contributed by atoms with van der Waals surface area (Å²) >= 11 is 0. The first-order chi connectivity index (χ1) is 12.2. The standard InChI is InChI=1S/C17H20F3N3O3/c18-17(19,20)11-3-4-14(21-7-11)16(26)22-12-5-13(6-12)23(9-15(24)25)8-10-1-2-10/h3-4,7,10,12-13H,1-2,5-6,8-9H2,(H,22,26)(H,24,25). The van der Waals surface area contributed by atoms with Crippen molar-refractivity contribution in [3.05, 3.63) is 29.6 Å². The summed E-state index contributed by atoms with van der Waals surface area (Å²) in [5.41, 5.74) is -0.969. The highest BCUT2D eigenvalue weighted by Gasteiger charge is 2.38. The Morgan fingerprint density at radius 2 is 1.96 bits per heavy atom.